The number of para-hydroxylation sites is 1. The number of nitroso groups, excluding NO2 is 1. The van der Waals surface area contributed by atoms with E-state index in [0.29, 0.717) is 28.5 Å². The van der Waals surface area contributed by atoms with Crippen LogP contribution >= 0.6 is 11.3 Å². The molecular weight excluding hydrogens is 352 g/mol. The average Bonchev–Trinajstić information content (AvgIpc) is 2.98. The molecule has 2 amide bonds. The third-order valence-corrected chi connectivity index (χ3v) is 4.73. The topological polar surface area (TPSA) is 101 Å². The minimum Gasteiger partial charge on any atom is -0.325 e. The van der Waals surface area contributed by atoms with Gasteiger partial charge in [0.25, 0.3) is 5.91 Å². The summed E-state index contributed by atoms with van der Waals surface area (Å²) in [6.45, 7) is 3.77. The number of nitrogens with one attached hydrogen (secondary N) is 2. The molecular formula is C18H22N4O3S. The second kappa shape index (κ2) is 9.76. The van der Waals surface area contributed by atoms with Crippen molar-refractivity contribution >= 4 is 39.0 Å². The smallest absolute Gasteiger partial charge is 0.259 e. The first kappa shape index (κ1) is 19.7. The van der Waals surface area contributed by atoms with Gasteiger partial charge in [-0.2, -0.15) is 0 Å². The number of benzene rings is 1. The molecule has 2 rings (SSSR count). The number of unbranched alkanes of at least 4 members (excludes halogenated alkanes) is 3. The number of carbonyl (C=O) groups is 2. The lowest BCUT2D eigenvalue weighted by Crippen LogP contribution is -2.18. The van der Waals surface area contributed by atoms with Crippen LogP contribution in [-0.2, 0) is 4.79 Å². The summed E-state index contributed by atoms with van der Waals surface area (Å²) in [5, 5.41) is 8.83. The van der Waals surface area contributed by atoms with Crippen molar-refractivity contribution < 1.29 is 9.59 Å². The number of carbonyl (C=O) groups excluding carboxylic acids is 2. The maximum Gasteiger partial charge on any atom is 0.259 e. The van der Waals surface area contributed by atoms with Gasteiger partial charge in [0.2, 0.25) is 5.91 Å². The number of aryl methyl sites for hydroxylation is 1. The van der Waals surface area contributed by atoms with Crippen molar-refractivity contribution in [3.63, 3.8) is 0 Å². The molecule has 0 fully saturated rings. The predicted molar refractivity (Wildman–Crippen MR) is 104 cm³/mol. The number of anilines is 2. The van der Waals surface area contributed by atoms with E-state index in [2.05, 4.69) is 27.7 Å². The van der Waals surface area contributed by atoms with Gasteiger partial charge in [-0.25, -0.2) is 4.98 Å². The first-order chi connectivity index (χ1) is 12.5. The molecule has 2 aromatic rings. The Morgan fingerprint density at radius 3 is 2.62 bits per heavy atom. The highest BCUT2D eigenvalue weighted by Gasteiger charge is 2.16. The summed E-state index contributed by atoms with van der Waals surface area (Å²) in [5.41, 5.74) is 1.25. The molecule has 2 N–H and O–H groups in total. The quantitative estimate of drug-likeness (QED) is 0.476. The van der Waals surface area contributed by atoms with E-state index in [0.717, 1.165) is 37.0 Å². The zero-order valence-corrected chi connectivity index (χ0v) is 15.7. The fourth-order valence-corrected chi connectivity index (χ4v) is 3.15. The zero-order valence-electron chi connectivity index (χ0n) is 14.9. The molecule has 0 aliphatic rings. The molecule has 0 unspecified atom stereocenters. The van der Waals surface area contributed by atoms with E-state index in [1.165, 1.54) is 0 Å². The van der Waals surface area contributed by atoms with Gasteiger partial charge in [-0.3, -0.25) is 14.9 Å². The molecule has 7 nitrogen and oxygen atoms in total. The van der Waals surface area contributed by atoms with Crippen molar-refractivity contribution in [3.8, 4) is 0 Å². The predicted octanol–water partition coefficient (Wildman–Crippen LogP) is 5.01. The lowest BCUT2D eigenvalue weighted by Gasteiger charge is -2.10. The molecule has 0 saturated heterocycles. The van der Waals surface area contributed by atoms with Gasteiger partial charge in [0.15, 0.2) is 10.1 Å². The molecule has 0 aliphatic carbocycles. The van der Waals surface area contributed by atoms with Gasteiger partial charge in [-0.05, 0) is 30.7 Å². The third-order valence-electron chi connectivity index (χ3n) is 3.78. The zero-order chi connectivity index (χ0) is 18.9. The molecule has 0 saturated carbocycles. The van der Waals surface area contributed by atoms with Gasteiger partial charge in [0, 0.05) is 6.42 Å². The summed E-state index contributed by atoms with van der Waals surface area (Å²) < 4.78 is 0. The highest BCUT2D eigenvalue weighted by atomic mass is 32.1. The van der Waals surface area contributed by atoms with Crippen LogP contribution in [-0.4, -0.2) is 16.8 Å². The molecule has 0 aliphatic heterocycles. The fraction of sp³-hybridized carbons (Fsp3) is 0.389. The fourth-order valence-electron chi connectivity index (χ4n) is 2.41. The van der Waals surface area contributed by atoms with Gasteiger partial charge in [-0.1, -0.05) is 49.7 Å². The van der Waals surface area contributed by atoms with Crippen molar-refractivity contribution in [2.24, 2.45) is 5.18 Å². The maximum absolute atomic E-state index is 12.5. The molecule has 138 valence electrons. The summed E-state index contributed by atoms with van der Waals surface area (Å²) in [4.78, 5) is 39.4. The molecule has 0 bridgehead atoms. The number of hydrogen-bond donors (Lipinski definition) is 2. The average molecular weight is 374 g/mol. The maximum atomic E-state index is 12.5. The summed E-state index contributed by atoms with van der Waals surface area (Å²) in [6, 6.07) is 6.79. The van der Waals surface area contributed by atoms with Crippen LogP contribution in [0.3, 0.4) is 0 Å². The number of thiazole rings is 1. The number of aromatic nitrogens is 1. The Hall–Kier alpha value is -2.61. The second-order valence-corrected chi connectivity index (χ2v) is 6.84. The Morgan fingerprint density at radius 1 is 1.15 bits per heavy atom. The van der Waals surface area contributed by atoms with E-state index in [1.54, 1.807) is 31.2 Å². The Labute approximate surface area is 156 Å². The highest BCUT2D eigenvalue weighted by molar-refractivity contribution is 7.19. The van der Waals surface area contributed by atoms with Crippen molar-refractivity contribution in [1.82, 2.24) is 4.98 Å². The molecule has 0 radical (unpaired) electrons. The largest absolute Gasteiger partial charge is 0.325 e. The van der Waals surface area contributed by atoms with Crippen LogP contribution in [0.2, 0.25) is 0 Å². The van der Waals surface area contributed by atoms with E-state index in [-0.39, 0.29) is 10.9 Å². The molecule has 1 heterocycles. The first-order valence-electron chi connectivity index (χ1n) is 8.56. The lowest BCUT2D eigenvalue weighted by molar-refractivity contribution is -0.116. The van der Waals surface area contributed by atoms with E-state index < -0.39 is 5.91 Å². The normalized spacial score (nSPS) is 10.4. The van der Waals surface area contributed by atoms with Gasteiger partial charge >= 0.3 is 0 Å². The Bertz CT molecular complexity index is 788. The molecule has 26 heavy (non-hydrogen) atoms. The van der Waals surface area contributed by atoms with Crippen molar-refractivity contribution in [2.45, 2.75) is 46.0 Å². The van der Waals surface area contributed by atoms with Gasteiger partial charge < -0.3 is 5.32 Å². The first-order valence-corrected chi connectivity index (χ1v) is 9.37. The van der Waals surface area contributed by atoms with Crippen molar-refractivity contribution in [1.29, 1.82) is 0 Å². The minimum absolute atomic E-state index is 0.112. The summed E-state index contributed by atoms with van der Waals surface area (Å²) >= 11 is 1.01. The SMILES string of the molecule is CCCCCCC(=O)Nc1ccccc1C(=O)Nc1nc(C)c(N=O)s1. The number of amides is 2. The summed E-state index contributed by atoms with van der Waals surface area (Å²) in [7, 11) is 0. The van der Waals surface area contributed by atoms with Crippen LogP contribution in [0.25, 0.3) is 0 Å². The monoisotopic (exact) mass is 374 g/mol. The number of nitrogens with zero attached hydrogens (tertiary/aromatic N) is 2. The molecule has 0 spiro atoms. The molecule has 8 heteroatoms. The van der Waals surface area contributed by atoms with Crippen LogP contribution in [0.5, 0.6) is 0 Å². The standard InChI is InChI=1S/C18H22N4O3S/c1-3-4-5-6-11-15(23)20-14-10-8-7-9-13(14)16(24)21-18-19-12(2)17(22-25)26-18/h7-10H,3-6,11H2,1-2H3,(H,20,23)(H,19,21,24). The van der Waals surface area contributed by atoms with E-state index in [1.807, 2.05) is 0 Å². The van der Waals surface area contributed by atoms with E-state index in [4.69, 9.17) is 0 Å². The Kier molecular flexibility index (Phi) is 7.40. The second-order valence-electron chi connectivity index (χ2n) is 5.86. The van der Waals surface area contributed by atoms with Crippen LogP contribution in [0.1, 0.15) is 55.1 Å². The van der Waals surface area contributed by atoms with Crippen LogP contribution < -0.4 is 10.6 Å². The van der Waals surface area contributed by atoms with Crippen LogP contribution in [0.4, 0.5) is 15.8 Å². The summed E-state index contributed by atoms with van der Waals surface area (Å²) in [5.74, 6) is -0.517. The Balaban J connectivity index is 2.03. The van der Waals surface area contributed by atoms with Crippen LogP contribution in [0, 0.1) is 11.8 Å². The van der Waals surface area contributed by atoms with E-state index >= 15 is 0 Å². The van der Waals surface area contributed by atoms with Gasteiger partial charge in [0.1, 0.15) is 0 Å². The number of hydrogen-bond acceptors (Lipinski definition) is 6. The highest BCUT2D eigenvalue weighted by Crippen LogP contribution is 2.30. The third kappa shape index (κ3) is 5.45. The lowest BCUT2D eigenvalue weighted by atomic mass is 10.1. The van der Waals surface area contributed by atoms with Gasteiger partial charge in [0.05, 0.1) is 16.9 Å². The Morgan fingerprint density at radius 2 is 1.92 bits per heavy atom. The van der Waals surface area contributed by atoms with E-state index in [9.17, 15) is 14.5 Å². The number of rotatable bonds is 9. The molecule has 1 aromatic heterocycles. The van der Waals surface area contributed by atoms with Crippen molar-refractivity contribution in [2.75, 3.05) is 10.6 Å². The van der Waals surface area contributed by atoms with Gasteiger partial charge in [-0.15, -0.1) is 4.91 Å². The molecule has 1 aromatic carbocycles. The molecule has 0 atom stereocenters. The summed E-state index contributed by atoms with van der Waals surface area (Å²) in [6.07, 6.45) is 4.49. The van der Waals surface area contributed by atoms with Crippen LogP contribution in [0.15, 0.2) is 29.4 Å². The van der Waals surface area contributed by atoms with Crippen molar-refractivity contribution in [3.05, 3.63) is 40.4 Å². The minimum atomic E-state index is -0.405.